The molecule has 172 valence electrons. The molecule has 1 aromatic carbocycles. The molecular formula is C25H28N4O4. The number of benzene rings is 1. The first-order valence-corrected chi connectivity index (χ1v) is 11.2. The molecular weight excluding hydrogens is 420 g/mol. The van der Waals surface area contributed by atoms with Gasteiger partial charge in [-0.3, -0.25) is 4.79 Å². The van der Waals surface area contributed by atoms with Crippen molar-refractivity contribution >= 4 is 16.9 Å². The molecule has 2 aliphatic rings. The molecule has 0 radical (unpaired) electrons. The van der Waals surface area contributed by atoms with Crippen LogP contribution in [0.4, 0.5) is 0 Å². The number of ether oxygens (including phenoxy) is 1. The fraction of sp³-hybridized carbons (Fsp3) is 0.400. The first-order chi connectivity index (χ1) is 15.8. The third-order valence-corrected chi connectivity index (χ3v) is 6.74. The number of hydrogen-bond acceptors (Lipinski definition) is 6. The van der Waals surface area contributed by atoms with Crippen LogP contribution >= 0.6 is 0 Å². The van der Waals surface area contributed by atoms with Gasteiger partial charge in [-0.15, -0.1) is 10.2 Å². The van der Waals surface area contributed by atoms with Crippen molar-refractivity contribution in [1.29, 1.82) is 0 Å². The van der Waals surface area contributed by atoms with Crippen LogP contribution in [0.5, 0.6) is 5.75 Å². The highest BCUT2D eigenvalue weighted by molar-refractivity contribution is 5.88. The maximum absolute atomic E-state index is 12.5. The minimum absolute atomic E-state index is 0.0445. The van der Waals surface area contributed by atoms with Crippen LogP contribution in [0.3, 0.4) is 0 Å². The third kappa shape index (κ3) is 3.69. The number of para-hydroxylation sites is 1. The number of fused-ring (bicyclic) bond motifs is 3. The Morgan fingerprint density at radius 3 is 2.58 bits per heavy atom. The van der Waals surface area contributed by atoms with Crippen molar-refractivity contribution in [3.05, 3.63) is 54.2 Å². The van der Waals surface area contributed by atoms with Gasteiger partial charge in [0.2, 0.25) is 5.91 Å². The number of carbonyl (C=O) groups excluding carboxylic acids is 1. The quantitative estimate of drug-likeness (QED) is 0.529. The Balaban J connectivity index is 1.60. The van der Waals surface area contributed by atoms with E-state index in [1.54, 1.807) is 32.0 Å². The van der Waals surface area contributed by atoms with Gasteiger partial charge in [-0.25, -0.2) is 0 Å². The number of aliphatic hydroxyl groups is 1. The number of carbonyl (C=O) groups is 1. The van der Waals surface area contributed by atoms with Crippen LogP contribution < -0.4 is 0 Å². The number of aromatic hydroxyl groups is 1. The predicted octanol–water partition coefficient (Wildman–Crippen LogP) is 3.22. The summed E-state index contributed by atoms with van der Waals surface area (Å²) >= 11 is 0. The largest absolute Gasteiger partial charge is 0.507 e. The number of amides is 1. The Kier molecular flexibility index (Phi) is 5.22. The second-order valence-electron chi connectivity index (χ2n) is 9.44. The first-order valence-electron chi connectivity index (χ1n) is 11.2. The van der Waals surface area contributed by atoms with E-state index in [-0.39, 0.29) is 29.7 Å². The van der Waals surface area contributed by atoms with Crippen LogP contribution in [0, 0.1) is 0 Å². The van der Waals surface area contributed by atoms with Crippen LogP contribution in [0.25, 0.3) is 22.3 Å². The normalized spacial score (nSPS) is 23.0. The Morgan fingerprint density at radius 1 is 1.24 bits per heavy atom. The molecule has 2 aliphatic heterocycles. The predicted molar refractivity (Wildman–Crippen MR) is 124 cm³/mol. The number of aromatic amines is 1. The van der Waals surface area contributed by atoms with E-state index < -0.39 is 5.60 Å². The summed E-state index contributed by atoms with van der Waals surface area (Å²) in [5.74, 6) is 0.157. The minimum Gasteiger partial charge on any atom is -0.507 e. The van der Waals surface area contributed by atoms with Gasteiger partial charge in [0.25, 0.3) is 0 Å². The van der Waals surface area contributed by atoms with Crippen molar-refractivity contribution in [2.24, 2.45) is 0 Å². The number of nitrogens with zero attached hydrogens (tertiary/aromatic N) is 3. The van der Waals surface area contributed by atoms with Crippen molar-refractivity contribution in [2.45, 2.75) is 50.3 Å². The molecule has 2 aromatic heterocycles. The molecule has 1 unspecified atom stereocenters. The highest BCUT2D eigenvalue weighted by Gasteiger charge is 2.43. The highest BCUT2D eigenvalue weighted by atomic mass is 16.5. The Hall–Kier alpha value is -3.23. The summed E-state index contributed by atoms with van der Waals surface area (Å²) in [4.78, 5) is 17.8. The second kappa shape index (κ2) is 7.97. The minimum atomic E-state index is -1.13. The molecule has 2 bridgehead atoms. The monoisotopic (exact) mass is 448 g/mol. The molecule has 2 saturated heterocycles. The van der Waals surface area contributed by atoms with Crippen molar-refractivity contribution in [2.75, 3.05) is 13.2 Å². The van der Waals surface area contributed by atoms with Crippen molar-refractivity contribution < 1.29 is 19.7 Å². The van der Waals surface area contributed by atoms with Crippen LogP contribution in [-0.2, 0) is 15.1 Å². The zero-order chi connectivity index (χ0) is 23.3. The molecule has 3 aromatic rings. The number of rotatable bonds is 4. The molecule has 0 saturated carbocycles. The average Bonchev–Trinajstić information content (AvgIpc) is 3.17. The third-order valence-electron chi connectivity index (χ3n) is 6.74. The summed E-state index contributed by atoms with van der Waals surface area (Å²) in [6.07, 6.45) is 2.80. The van der Waals surface area contributed by atoms with Gasteiger partial charge in [0.15, 0.2) is 5.65 Å². The van der Waals surface area contributed by atoms with Crippen molar-refractivity contribution in [3.8, 4) is 17.0 Å². The standard InChI is InChI=1S/C25H28N4O4/c1-4-21(31)29-15-9-14(10-16(29)13-33-12-15)23-22(25(2,3)32)18-11-19(27-28-24(18)26-23)17-7-5-6-8-20(17)30/h4-8,11,14-16,30,32H,1,9-10,12-13H2,2-3H3,(H,26,28)/t14?,15-,16+. The maximum Gasteiger partial charge on any atom is 0.246 e. The number of aromatic nitrogens is 3. The Morgan fingerprint density at radius 2 is 1.94 bits per heavy atom. The summed E-state index contributed by atoms with van der Waals surface area (Å²) in [6, 6.07) is 8.76. The summed E-state index contributed by atoms with van der Waals surface area (Å²) in [5.41, 5.74) is 2.27. The molecule has 8 nitrogen and oxygen atoms in total. The van der Waals surface area contributed by atoms with Crippen LogP contribution in [-0.4, -0.2) is 61.5 Å². The van der Waals surface area contributed by atoms with E-state index in [9.17, 15) is 15.0 Å². The van der Waals surface area contributed by atoms with Gasteiger partial charge in [0.05, 0.1) is 36.6 Å². The molecule has 1 amide bonds. The van der Waals surface area contributed by atoms with E-state index in [4.69, 9.17) is 4.74 Å². The van der Waals surface area contributed by atoms with Gasteiger partial charge in [-0.2, -0.15) is 0 Å². The number of piperidine rings is 1. The fourth-order valence-corrected chi connectivity index (χ4v) is 5.41. The van der Waals surface area contributed by atoms with Crippen molar-refractivity contribution in [1.82, 2.24) is 20.1 Å². The lowest BCUT2D eigenvalue weighted by Crippen LogP contribution is -2.58. The summed E-state index contributed by atoms with van der Waals surface area (Å²) in [6.45, 7) is 8.15. The van der Waals surface area contributed by atoms with Gasteiger partial charge in [-0.1, -0.05) is 18.7 Å². The molecule has 4 heterocycles. The van der Waals surface area contributed by atoms with Crippen molar-refractivity contribution in [3.63, 3.8) is 0 Å². The zero-order valence-corrected chi connectivity index (χ0v) is 18.8. The zero-order valence-electron chi connectivity index (χ0n) is 18.8. The lowest BCUT2D eigenvalue weighted by molar-refractivity contribution is -0.146. The van der Waals surface area contributed by atoms with E-state index in [1.165, 1.54) is 6.08 Å². The topological polar surface area (TPSA) is 112 Å². The Labute approximate surface area is 191 Å². The number of nitrogens with one attached hydrogen (secondary N) is 1. The van der Waals surface area contributed by atoms with Gasteiger partial charge in [0.1, 0.15) is 5.75 Å². The van der Waals surface area contributed by atoms with Gasteiger partial charge < -0.3 is 24.8 Å². The number of H-pyrrole nitrogens is 1. The molecule has 0 aliphatic carbocycles. The summed E-state index contributed by atoms with van der Waals surface area (Å²) < 4.78 is 5.74. The molecule has 3 atom stereocenters. The summed E-state index contributed by atoms with van der Waals surface area (Å²) in [7, 11) is 0. The van der Waals surface area contributed by atoms with E-state index in [1.807, 2.05) is 17.0 Å². The molecule has 3 N–H and O–H groups in total. The number of morpholine rings is 1. The lowest BCUT2D eigenvalue weighted by Gasteiger charge is -2.48. The van der Waals surface area contributed by atoms with E-state index in [2.05, 4.69) is 21.8 Å². The Bertz CT molecular complexity index is 1210. The van der Waals surface area contributed by atoms with Gasteiger partial charge >= 0.3 is 0 Å². The smallest absolute Gasteiger partial charge is 0.246 e. The van der Waals surface area contributed by atoms with E-state index in [0.717, 1.165) is 16.6 Å². The van der Waals surface area contributed by atoms with E-state index in [0.29, 0.717) is 43.0 Å². The molecule has 8 heteroatoms. The van der Waals surface area contributed by atoms with Crippen LogP contribution in [0.1, 0.15) is 43.9 Å². The lowest BCUT2D eigenvalue weighted by atomic mass is 9.79. The summed E-state index contributed by atoms with van der Waals surface area (Å²) in [5, 5.41) is 30.9. The van der Waals surface area contributed by atoms with Gasteiger partial charge in [0, 0.05) is 28.1 Å². The molecule has 5 rings (SSSR count). The SMILES string of the molecule is C=CC(=O)N1[C@@H]2COC[C@H]1CC(c1[nH]c3nnc(-c4ccccc4O)cc3c1C(C)(C)O)C2. The number of hydrogen-bond donors (Lipinski definition) is 3. The average molecular weight is 449 g/mol. The first kappa shape index (κ1) is 21.6. The van der Waals surface area contributed by atoms with Gasteiger partial charge in [-0.05, 0) is 51.0 Å². The number of phenols is 1. The molecule has 2 fully saturated rings. The van der Waals surface area contributed by atoms with E-state index >= 15 is 0 Å². The van der Waals surface area contributed by atoms with Crippen LogP contribution in [0.2, 0.25) is 0 Å². The highest BCUT2D eigenvalue weighted by Crippen LogP contribution is 2.43. The van der Waals surface area contributed by atoms with Crippen LogP contribution in [0.15, 0.2) is 43.0 Å². The maximum atomic E-state index is 12.5. The molecule has 0 spiro atoms. The molecule has 33 heavy (non-hydrogen) atoms. The fourth-order valence-electron chi connectivity index (χ4n) is 5.41. The number of phenolic OH excluding ortho intramolecular Hbond substituents is 1. The second-order valence-corrected chi connectivity index (χ2v) is 9.44.